The Morgan fingerprint density at radius 2 is 1.93 bits per heavy atom. The molecule has 0 saturated heterocycles. The predicted octanol–water partition coefficient (Wildman–Crippen LogP) is 4.21. The lowest BCUT2D eigenvalue weighted by Crippen LogP contribution is -2.23. The van der Waals surface area contributed by atoms with Crippen LogP contribution in [0.2, 0.25) is 0 Å². The molecule has 0 spiro atoms. The molecule has 0 aliphatic heterocycles. The van der Waals surface area contributed by atoms with Crippen LogP contribution in [-0.2, 0) is 16.1 Å². The first-order chi connectivity index (χ1) is 13.9. The Hall–Kier alpha value is -3.39. The van der Waals surface area contributed by atoms with Gasteiger partial charge in [-0.05, 0) is 30.7 Å². The maximum atomic E-state index is 12.3. The largest absolute Gasteiger partial charge is 0.507 e. The lowest BCUT2D eigenvalue weighted by molar-refractivity contribution is -0.115. The number of ether oxygens (including phenoxy) is 2. The summed E-state index contributed by atoms with van der Waals surface area (Å²) in [4.78, 5) is 30.4. The number of benzene rings is 2. The number of nitrogens with zero attached hydrogens (tertiary/aromatic N) is 2. The molecule has 1 N–H and O–H groups in total. The van der Waals surface area contributed by atoms with E-state index in [1.807, 2.05) is 6.07 Å². The second-order valence-electron chi connectivity index (χ2n) is 6.19. The fourth-order valence-electron chi connectivity index (χ4n) is 2.73. The minimum absolute atomic E-state index is 0.0830. The summed E-state index contributed by atoms with van der Waals surface area (Å²) >= 11 is 1.25. The molecule has 8 heteroatoms. The highest BCUT2D eigenvalue weighted by Crippen LogP contribution is 2.35. The number of rotatable bonds is 6. The van der Waals surface area contributed by atoms with Crippen LogP contribution in [0.15, 0.2) is 47.8 Å². The molecule has 1 amide bonds. The quantitative estimate of drug-likeness (QED) is 0.610. The summed E-state index contributed by atoms with van der Waals surface area (Å²) in [5.41, 5.74) is 1.75. The molecule has 3 rings (SSSR count). The first kappa shape index (κ1) is 20.3. The minimum Gasteiger partial charge on any atom is -0.507 e. The second-order valence-corrected chi connectivity index (χ2v) is 7.03. The monoisotopic (exact) mass is 412 g/mol. The van der Waals surface area contributed by atoms with E-state index >= 15 is 0 Å². The number of phenolic OH excluding ortho intramolecular Hbond substituents is 1. The fraction of sp³-hybridized carbons (Fsp3) is 0.190. The summed E-state index contributed by atoms with van der Waals surface area (Å²) in [6.45, 7) is 3.06. The van der Waals surface area contributed by atoms with Crippen molar-refractivity contribution in [1.29, 1.82) is 0 Å². The van der Waals surface area contributed by atoms with Crippen molar-refractivity contribution in [2.75, 3.05) is 12.0 Å². The molecule has 150 valence electrons. The summed E-state index contributed by atoms with van der Waals surface area (Å²) in [7, 11) is 1.53. The van der Waals surface area contributed by atoms with E-state index in [0.717, 1.165) is 0 Å². The highest BCUT2D eigenvalue weighted by molar-refractivity contribution is 7.14. The highest BCUT2D eigenvalue weighted by atomic mass is 32.1. The molecule has 0 atom stereocenters. The van der Waals surface area contributed by atoms with Crippen molar-refractivity contribution in [2.45, 2.75) is 20.5 Å². The number of aryl methyl sites for hydroxylation is 1. The summed E-state index contributed by atoms with van der Waals surface area (Å²) in [6.07, 6.45) is 0. The third-order valence-corrected chi connectivity index (χ3v) is 5.06. The first-order valence-corrected chi connectivity index (χ1v) is 9.64. The van der Waals surface area contributed by atoms with E-state index in [1.54, 1.807) is 42.6 Å². The number of hydrogen-bond donors (Lipinski definition) is 1. The van der Waals surface area contributed by atoms with E-state index in [-0.39, 0.29) is 23.8 Å². The summed E-state index contributed by atoms with van der Waals surface area (Å²) in [5.74, 6) is -0.429. The van der Waals surface area contributed by atoms with Crippen molar-refractivity contribution in [3.8, 4) is 11.5 Å². The predicted molar refractivity (Wildman–Crippen MR) is 110 cm³/mol. The van der Waals surface area contributed by atoms with Gasteiger partial charge in [0.1, 0.15) is 23.7 Å². The fourth-order valence-corrected chi connectivity index (χ4v) is 3.59. The number of anilines is 2. The van der Waals surface area contributed by atoms with Gasteiger partial charge >= 0.3 is 5.97 Å². The van der Waals surface area contributed by atoms with Crippen LogP contribution in [0.1, 0.15) is 28.5 Å². The Balaban J connectivity index is 1.78. The van der Waals surface area contributed by atoms with Gasteiger partial charge in [-0.15, -0.1) is 11.3 Å². The van der Waals surface area contributed by atoms with Crippen molar-refractivity contribution in [3.63, 3.8) is 0 Å². The first-order valence-electron chi connectivity index (χ1n) is 8.76. The minimum atomic E-state index is -0.645. The third-order valence-electron chi connectivity index (χ3n) is 4.18. The molecule has 0 radical (unpaired) electrons. The van der Waals surface area contributed by atoms with E-state index < -0.39 is 5.97 Å². The number of carbonyl (C=O) groups is 2. The van der Waals surface area contributed by atoms with E-state index in [4.69, 9.17) is 9.47 Å². The Bertz CT molecular complexity index is 1050. The van der Waals surface area contributed by atoms with Gasteiger partial charge in [-0.1, -0.05) is 24.3 Å². The van der Waals surface area contributed by atoms with Gasteiger partial charge in [-0.3, -0.25) is 9.69 Å². The average molecular weight is 412 g/mol. The van der Waals surface area contributed by atoms with Crippen LogP contribution in [-0.4, -0.2) is 29.1 Å². The van der Waals surface area contributed by atoms with Crippen molar-refractivity contribution in [2.24, 2.45) is 0 Å². The molecular weight excluding hydrogens is 392 g/mol. The lowest BCUT2D eigenvalue weighted by Gasteiger charge is -2.20. The number of esters is 1. The number of para-hydroxylation sites is 3. The molecule has 0 aliphatic carbocycles. The highest BCUT2D eigenvalue weighted by Gasteiger charge is 2.22. The average Bonchev–Trinajstić information content (AvgIpc) is 3.17. The van der Waals surface area contributed by atoms with Gasteiger partial charge < -0.3 is 14.6 Å². The number of hydrogen-bond acceptors (Lipinski definition) is 7. The molecule has 2 aromatic carbocycles. The second kappa shape index (κ2) is 8.74. The van der Waals surface area contributed by atoms with Gasteiger partial charge in [-0.2, -0.15) is 0 Å². The third kappa shape index (κ3) is 4.38. The molecule has 0 unspecified atom stereocenters. The Morgan fingerprint density at radius 3 is 2.66 bits per heavy atom. The van der Waals surface area contributed by atoms with Crippen LogP contribution >= 0.6 is 11.3 Å². The molecule has 7 nitrogen and oxygen atoms in total. The summed E-state index contributed by atoms with van der Waals surface area (Å²) in [5, 5.41) is 12.2. The van der Waals surface area contributed by atoms with Crippen LogP contribution in [0.5, 0.6) is 11.5 Å². The zero-order chi connectivity index (χ0) is 21.0. The molecular formula is C21H20N2O5S. The zero-order valence-electron chi connectivity index (χ0n) is 16.2. The number of thiazole rings is 1. The smallest absolute Gasteiger partial charge is 0.342 e. The van der Waals surface area contributed by atoms with Crippen LogP contribution in [0.4, 0.5) is 10.8 Å². The number of aromatic nitrogens is 1. The van der Waals surface area contributed by atoms with Gasteiger partial charge in [0.05, 0.1) is 18.5 Å². The van der Waals surface area contributed by atoms with Gasteiger partial charge in [0.25, 0.3) is 0 Å². The number of phenols is 1. The molecule has 0 saturated carbocycles. The van der Waals surface area contributed by atoms with Crippen molar-refractivity contribution >= 4 is 34.0 Å². The van der Waals surface area contributed by atoms with Crippen LogP contribution in [0.25, 0.3) is 0 Å². The normalized spacial score (nSPS) is 10.4. The van der Waals surface area contributed by atoms with Crippen molar-refractivity contribution in [3.05, 3.63) is 64.7 Å². The van der Waals surface area contributed by atoms with Gasteiger partial charge in [0, 0.05) is 12.3 Å². The molecule has 0 fully saturated rings. The summed E-state index contributed by atoms with van der Waals surface area (Å²) in [6, 6.07) is 12.0. The van der Waals surface area contributed by atoms with Crippen LogP contribution in [0.3, 0.4) is 0 Å². The van der Waals surface area contributed by atoms with Crippen LogP contribution in [0, 0.1) is 6.92 Å². The van der Waals surface area contributed by atoms with Crippen molar-refractivity contribution in [1.82, 2.24) is 4.98 Å². The van der Waals surface area contributed by atoms with E-state index in [9.17, 15) is 14.7 Å². The zero-order valence-corrected chi connectivity index (χ0v) is 17.0. The lowest BCUT2D eigenvalue weighted by atomic mass is 10.1. The maximum Gasteiger partial charge on any atom is 0.342 e. The molecule has 0 bridgehead atoms. The molecule has 3 aromatic rings. The molecule has 29 heavy (non-hydrogen) atoms. The van der Waals surface area contributed by atoms with E-state index in [2.05, 4.69) is 4.98 Å². The molecule has 1 aromatic heterocycles. The van der Waals surface area contributed by atoms with Gasteiger partial charge in [0.15, 0.2) is 5.13 Å². The van der Waals surface area contributed by atoms with E-state index in [1.165, 1.54) is 36.3 Å². The topological polar surface area (TPSA) is 89.0 Å². The number of methoxy groups -OCH3 is 1. The Kier molecular flexibility index (Phi) is 6.13. The van der Waals surface area contributed by atoms with Gasteiger partial charge in [-0.25, -0.2) is 9.78 Å². The summed E-state index contributed by atoms with van der Waals surface area (Å²) < 4.78 is 10.6. The standard InChI is InChI=1S/C21H20N2O5S/c1-13-7-6-8-16(19(13)25)20(26)28-11-15-12-29-21(22-15)23(14(2)24)17-9-4-5-10-18(17)27-3/h4-10,12,25H,11H2,1-3H3. The van der Waals surface area contributed by atoms with E-state index in [0.29, 0.717) is 27.8 Å². The van der Waals surface area contributed by atoms with Gasteiger partial charge in [0.2, 0.25) is 5.91 Å². The SMILES string of the molecule is COc1ccccc1N(C(C)=O)c1nc(COC(=O)c2cccc(C)c2O)cs1. The number of amides is 1. The van der Waals surface area contributed by atoms with Crippen molar-refractivity contribution < 1.29 is 24.2 Å². The Labute approximate surface area is 172 Å². The Morgan fingerprint density at radius 1 is 1.17 bits per heavy atom. The number of aromatic hydroxyl groups is 1. The molecule has 0 aliphatic rings. The maximum absolute atomic E-state index is 12.3. The number of carbonyl (C=O) groups excluding carboxylic acids is 2. The van der Waals surface area contributed by atoms with Crippen LogP contribution < -0.4 is 9.64 Å². The molecule has 1 heterocycles.